The van der Waals surface area contributed by atoms with E-state index in [0.29, 0.717) is 12.0 Å². The van der Waals surface area contributed by atoms with Gasteiger partial charge in [0.05, 0.1) is 13.2 Å². The summed E-state index contributed by atoms with van der Waals surface area (Å²) in [7, 11) is 1.69. The molecule has 100 valence electrons. The second kappa shape index (κ2) is 6.21. The highest BCUT2D eigenvalue weighted by Crippen LogP contribution is 2.37. The van der Waals surface area contributed by atoms with Crippen LogP contribution >= 0.6 is 0 Å². The van der Waals surface area contributed by atoms with Gasteiger partial charge >= 0.3 is 0 Å². The van der Waals surface area contributed by atoms with E-state index >= 15 is 0 Å². The predicted octanol–water partition coefficient (Wildman–Crippen LogP) is 2.30. The molecule has 0 bridgehead atoms. The lowest BCUT2D eigenvalue weighted by Crippen LogP contribution is -2.41. The minimum absolute atomic E-state index is 0.199. The normalized spacial score (nSPS) is 24.4. The zero-order valence-electron chi connectivity index (χ0n) is 11.2. The molecule has 1 atom stereocenters. The van der Waals surface area contributed by atoms with E-state index < -0.39 is 0 Å². The molecular weight excluding hydrogens is 226 g/mol. The van der Waals surface area contributed by atoms with Crippen molar-refractivity contribution in [2.24, 2.45) is 0 Å². The van der Waals surface area contributed by atoms with Crippen LogP contribution in [0.4, 0.5) is 0 Å². The molecule has 1 fully saturated rings. The summed E-state index contributed by atoms with van der Waals surface area (Å²) in [6.07, 6.45) is 3.04. The topological polar surface area (TPSA) is 41.5 Å². The number of aliphatic hydroxyl groups excluding tert-OH is 1. The molecule has 0 amide bonds. The minimum atomic E-state index is -0.199. The van der Waals surface area contributed by atoms with Crippen molar-refractivity contribution < 1.29 is 9.84 Å². The van der Waals surface area contributed by atoms with Crippen LogP contribution in [-0.4, -0.2) is 30.9 Å². The second-order valence-corrected chi connectivity index (χ2v) is 5.23. The molecule has 0 aromatic heterocycles. The van der Waals surface area contributed by atoms with Gasteiger partial charge in [0, 0.05) is 6.04 Å². The van der Waals surface area contributed by atoms with Crippen LogP contribution in [0.2, 0.25) is 0 Å². The Kier molecular flexibility index (Phi) is 4.61. The van der Waals surface area contributed by atoms with Gasteiger partial charge < -0.3 is 15.2 Å². The molecule has 3 nitrogen and oxygen atoms in total. The number of benzene rings is 1. The maximum Gasteiger partial charge on any atom is 0.118 e. The highest BCUT2D eigenvalue weighted by molar-refractivity contribution is 5.30. The summed E-state index contributed by atoms with van der Waals surface area (Å²) in [4.78, 5) is 0. The van der Waals surface area contributed by atoms with Gasteiger partial charge in [0.1, 0.15) is 5.75 Å². The van der Waals surface area contributed by atoms with E-state index in [2.05, 4.69) is 17.4 Å². The van der Waals surface area contributed by atoms with Gasteiger partial charge in [-0.2, -0.15) is 0 Å². The molecule has 0 radical (unpaired) electrons. The summed E-state index contributed by atoms with van der Waals surface area (Å²) in [6, 6.07) is 9.01. The van der Waals surface area contributed by atoms with Crippen molar-refractivity contribution in [3.05, 3.63) is 29.8 Å². The predicted molar refractivity (Wildman–Crippen MR) is 73.1 cm³/mol. The lowest BCUT2D eigenvalue weighted by atomic mass is 9.76. The zero-order valence-corrected chi connectivity index (χ0v) is 11.2. The second-order valence-electron chi connectivity index (χ2n) is 5.23. The molecule has 1 unspecified atom stereocenters. The van der Waals surface area contributed by atoms with Crippen molar-refractivity contribution >= 4 is 0 Å². The van der Waals surface area contributed by atoms with Crippen molar-refractivity contribution in [1.82, 2.24) is 5.32 Å². The molecule has 0 spiro atoms. The van der Waals surface area contributed by atoms with Crippen LogP contribution in [0.3, 0.4) is 0 Å². The molecule has 2 N–H and O–H groups in total. The molecule has 1 aromatic carbocycles. The van der Waals surface area contributed by atoms with Crippen molar-refractivity contribution in [3.63, 3.8) is 0 Å². The summed E-state index contributed by atoms with van der Waals surface area (Å²) in [6.45, 7) is 2.75. The van der Waals surface area contributed by atoms with E-state index in [9.17, 15) is 5.11 Å². The fraction of sp³-hybridized carbons (Fsp3) is 0.600. The molecular formula is C15H23NO2. The van der Waals surface area contributed by atoms with Crippen LogP contribution in [0.5, 0.6) is 5.75 Å². The molecule has 1 aromatic rings. The van der Waals surface area contributed by atoms with E-state index in [4.69, 9.17) is 4.74 Å². The minimum Gasteiger partial charge on any atom is -0.497 e. The summed E-state index contributed by atoms with van der Waals surface area (Å²) in [5.74, 6) is 1.60. The molecule has 2 rings (SSSR count). The van der Waals surface area contributed by atoms with Crippen LogP contribution in [0.15, 0.2) is 24.3 Å². The molecule has 1 aliphatic rings. The van der Waals surface area contributed by atoms with Gasteiger partial charge in [0.15, 0.2) is 0 Å². The summed E-state index contributed by atoms with van der Waals surface area (Å²) >= 11 is 0. The highest BCUT2D eigenvalue weighted by atomic mass is 16.5. The molecule has 0 heterocycles. The number of aliphatic hydroxyl groups is 1. The number of ether oxygens (including phenoxy) is 1. The summed E-state index contributed by atoms with van der Waals surface area (Å²) < 4.78 is 5.16. The van der Waals surface area contributed by atoms with Crippen LogP contribution in [0.1, 0.15) is 37.7 Å². The van der Waals surface area contributed by atoms with Crippen molar-refractivity contribution in [3.8, 4) is 5.75 Å². The first kappa shape index (κ1) is 13.4. The maximum absolute atomic E-state index is 9.18. The first-order valence-corrected chi connectivity index (χ1v) is 6.74. The Bertz CT molecular complexity index is 355. The summed E-state index contributed by atoms with van der Waals surface area (Å²) in [5, 5.41) is 12.7. The van der Waals surface area contributed by atoms with Gasteiger partial charge in [-0.25, -0.2) is 0 Å². The number of hydrogen-bond donors (Lipinski definition) is 2. The third-order valence-electron chi connectivity index (χ3n) is 3.72. The Morgan fingerprint density at radius 2 is 2.00 bits per heavy atom. The van der Waals surface area contributed by atoms with Crippen molar-refractivity contribution in [2.75, 3.05) is 13.7 Å². The highest BCUT2D eigenvalue weighted by Gasteiger charge is 2.29. The van der Waals surface area contributed by atoms with E-state index in [0.717, 1.165) is 18.7 Å². The van der Waals surface area contributed by atoms with E-state index in [1.54, 1.807) is 7.11 Å². The Morgan fingerprint density at radius 1 is 1.33 bits per heavy atom. The van der Waals surface area contributed by atoms with Gasteiger partial charge in [-0.15, -0.1) is 0 Å². The SMILES string of the molecule is COc1ccc(C2CC(NCCC(C)O)C2)cc1. The molecule has 1 aliphatic carbocycles. The Morgan fingerprint density at radius 3 is 2.56 bits per heavy atom. The lowest BCUT2D eigenvalue weighted by molar-refractivity contribution is 0.177. The van der Waals surface area contributed by atoms with Gasteiger partial charge in [-0.3, -0.25) is 0 Å². The molecule has 18 heavy (non-hydrogen) atoms. The third kappa shape index (κ3) is 3.47. The Hall–Kier alpha value is -1.06. The van der Waals surface area contributed by atoms with Gasteiger partial charge in [0.25, 0.3) is 0 Å². The number of rotatable bonds is 6. The molecule has 3 heteroatoms. The number of nitrogens with one attached hydrogen (secondary N) is 1. The van der Waals surface area contributed by atoms with E-state index in [1.807, 2.05) is 19.1 Å². The van der Waals surface area contributed by atoms with Gasteiger partial charge in [0.2, 0.25) is 0 Å². The number of methoxy groups -OCH3 is 1. The first-order valence-electron chi connectivity index (χ1n) is 6.74. The van der Waals surface area contributed by atoms with Gasteiger partial charge in [-0.05, 0) is 56.3 Å². The average molecular weight is 249 g/mol. The quantitative estimate of drug-likeness (QED) is 0.813. The lowest BCUT2D eigenvalue weighted by Gasteiger charge is -2.36. The standard InChI is InChI=1S/C15H23NO2/c1-11(17)7-8-16-14-9-13(10-14)12-3-5-15(18-2)6-4-12/h3-6,11,13-14,16-17H,7-10H2,1-2H3. The summed E-state index contributed by atoms with van der Waals surface area (Å²) in [5.41, 5.74) is 1.41. The van der Waals surface area contributed by atoms with Gasteiger partial charge in [-0.1, -0.05) is 12.1 Å². The monoisotopic (exact) mass is 249 g/mol. The fourth-order valence-electron chi connectivity index (χ4n) is 2.43. The van der Waals surface area contributed by atoms with Crippen LogP contribution in [0.25, 0.3) is 0 Å². The Balaban J connectivity index is 1.71. The van der Waals surface area contributed by atoms with Crippen molar-refractivity contribution in [2.45, 2.75) is 44.2 Å². The van der Waals surface area contributed by atoms with E-state index in [-0.39, 0.29) is 6.10 Å². The third-order valence-corrected chi connectivity index (χ3v) is 3.72. The smallest absolute Gasteiger partial charge is 0.118 e. The first-order chi connectivity index (χ1) is 8.69. The molecule has 0 aliphatic heterocycles. The van der Waals surface area contributed by atoms with Crippen LogP contribution in [-0.2, 0) is 0 Å². The molecule has 1 saturated carbocycles. The Labute approximate surface area is 109 Å². The maximum atomic E-state index is 9.18. The van der Waals surface area contributed by atoms with Crippen LogP contribution < -0.4 is 10.1 Å². The van der Waals surface area contributed by atoms with E-state index in [1.165, 1.54) is 18.4 Å². The zero-order chi connectivity index (χ0) is 13.0. The van der Waals surface area contributed by atoms with Crippen LogP contribution in [0, 0.1) is 0 Å². The molecule has 0 saturated heterocycles. The average Bonchev–Trinajstić information content (AvgIpc) is 2.32. The largest absolute Gasteiger partial charge is 0.497 e. The number of hydrogen-bond acceptors (Lipinski definition) is 3. The fourth-order valence-corrected chi connectivity index (χ4v) is 2.43. The van der Waals surface area contributed by atoms with Crippen molar-refractivity contribution in [1.29, 1.82) is 0 Å².